The van der Waals surface area contributed by atoms with Gasteiger partial charge < -0.3 is 0 Å². The Labute approximate surface area is 78.6 Å². The Morgan fingerprint density at radius 2 is 2.00 bits per heavy atom. The van der Waals surface area contributed by atoms with Gasteiger partial charge in [-0.05, 0) is 6.92 Å². The van der Waals surface area contributed by atoms with E-state index in [-0.39, 0.29) is 6.04 Å². The molecule has 2 unspecified atom stereocenters. The SMILES string of the molecule is CC1SCCN(S(C)(=O)=O)C1C. The van der Waals surface area contributed by atoms with Crippen LogP contribution in [0.5, 0.6) is 0 Å². The first-order valence-electron chi connectivity index (χ1n) is 4.01. The van der Waals surface area contributed by atoms with Crippen LogP contribution in [0.2, 0.25) is 0 Å². The summed E-state index contributed by atoms with van der Waals surface area (Å²) < 4.78 is 24.1. The third-order valence-electron chi connectivity index (χ3n) is 2.25. The molecule has 0 saturated carbocycles. The van der Waals surface area contributed by atoms with Crippen molar-refractivity contribution in [1.82, 2.24) is 4.31 Å². The summed E-state index contributed by atoms with van der Waals surface area (Å²) in [5.41, 5.74) is 0. The molecule has 1 aliphatic rings. The van der Waals surface area contributed by atoms with Gasteiger partial charge in [0, 0.05) is 23.6 Å². The van der Waals surface area contributed by atoms with Crippen molar-refractivity contribution in [3.63, 3.8) is 0 Å². The van der Waals surface area contributed by atoms with Gasteiger partial charge in [0.25, 0.3) is 0 Å². The van der Waals surface area contributed by atoms with Crippen molar-refractivity contribution in [1.29, 1.82) is 0 Å². The second-order valence-corrected chi connectivity index (χ2v) is 6.61. The summed E-state index contributed by atoms with van der Waals surface area (Å²) in [5.74, 6) is 0.915. The van der Waals surface area contributed by atoms with Gasteiger partial charge in [0.1, 0.15) is 0 Å². The maximum absolute atomic E-state index is 11.3. The minimum Gasteiger partial charge on any atom is -0.212 e. The summed E-state index contributed by atoms with van der Waals surface area (Å²) in [5, 5.41) is 0.411. The number of rotatable bonds is 1. The van der Waals surface area contributed by atoms with Gasteiger partial charge in [-0.2, -0.15) is 16.1 Å². The molecule has 5 heteroatoms. The first-order valence-corrected chi connectivity index (χ1v) is 6.91. The average Bonchev–Trinajstić information content (AvgIpc) is 1.92. The van der Waals surface area contributed by atoms with Crippen molar-refractivity contribution in [2.24, 2.45) is 0 Å². The van der Waals surface area contributed by atoms with Crippen LogP contribution in [0.4, 0.5) is 0 Å². The van der Waals surface area contributed by atoms with Crippen molar-refractivity contribution < 1.29 is 8.42 Å². The lowest BCUT2D eigenvalue weighted by atomic mass is 10.2. The molecule has 0 aromatic rings. The number of nitrogens with zero attached hydrogens (tertiary/aromatic N) is 1. The maximum atomic E-state index is 11.3. The summed E-state index contributed by atoms with van der Waals surface area (Å²) in [7, 11) is -2.99. The van der Waals surface area contributed by atoms with Crippen molar-refractivity contribution >= 4 is 21.8 Å². The van der Waals surface area contributed by atoms with Crippen LogP contribution in [0.1, 0.15) is 13.8 Å². The van der Waals surface area contributed by atoms with E-state index in [1.54, 1.807) is 4.31 Å². The highest BCUT2D eigenvalue weighted by Gasteiger charge is 2.30. The molecule has 3 nitrogen and oxygen atoms in total. The van der Waals surface area contributed by atoms with Crippen LogP contribution in [0.3, 0.4) is 0 Å². The van der Waals surface area contributed by atoms with E-state index >= 15 is 0 Å². The minimum atomic E-state index is -2.99. The van der Waals surface area contributed by atoms with Crippen LogP contribution < -0.4 is 0 Å². The molecule has 72 valence electrons. The van der Waals surface area contributed by atoms with Gasteiger partial charge in [-0.25, -0.2) is 8.42 Å². The Hall–Kier alpha value is 0.260. The van der Waals surface area contributed by atoms with E-state index in [0.717, 1.165) is 5.75 Å². The molecule has 12 heavy (non-hydrogen) atoms. The van der Waals surface area contributed by atoms with E-state index in [4.69, 9.17) is 0 Å². The molecule has 0 N–H and O–H groups in total. The summed E-state index contributed by atoms with van der Waals surface area (Å²) in [6, 6.07) is 0.138. The zero-order chi connectivity index (χ0) is 9.35. The molecule has 2 atom stereocenters. The number of thioether (sulfide) groups is 1. The van der Waals surface area contributed by atoms with E-state index in [0.29, 0.717) is 11.8 Å². The van der Waals surface area contributed by atoms with E-state index < -0.39 is 10.0 Å². The Morgan fingerprint density at radius 3 is 2.42 bits per heavy atom. The van der Waals surface area contributed by atoms with E-state index in [1.165, 1.54) is 6.26 Å². The molecule has 1 saturated heterocycles. The smallest absolute Gasteiger partial charge is 0.211 e. The molecule has 1 rings (SSSR count). The molecule has 0 bridgehead atoms. The van der Waals surface area contributed by atoms with Gasteiger partial charge in [-0.1, -0.05) is 6.92 Å². The summed E-state index contributed by atoms with van der Waals surface area (Å²) in [4.78, 5) is 0. The van der Waals surface area contributed by atoms with E-state index in [1.807, 2.05) is 18.7 Å². The normalized spacial score (nSPS) is 33.6. The molecular weight excluding hydrogens is 194 g/mol. The third kappa shape index (κ3) is 2.14. The highest BCUT2D eigenvalue weighted by Crippen LogP contribution is 2.25. The van der Waals surface area contributed by atoms with Crippen LogP contribution in [0.25, 0.3) is 0 Å². The van der Waals surface area contributed by atoms with Crippen LogP contribution >= 0.6 is 11.8 Å². The van der Waals surface area contributed by atoms with Crippen molar-refractivity contribution in [2.75, 3.05) is 18.6 Å². The van der Waals surface area contributed by atoms with Gasteiger partial charge in [0.2, 0.25) is 10.0 Å². The van der Waals surface area contributed by atoms with Crippen LogP contribution in [-0.2, 0) is 10.0 Å². The molecule has 1 aliphatic heterocycles. The lowest BCUT2D eigenvalue weighted by Gasteiger charge is -2.35. The molecule has 0 spiro atoms. The highest BCUT2D eigenvalue weighted by atomic mass is 32.2. The number of sulfonamides is 1. The van der Waals surface area contributed by atoms with Crippen molar-refractivity contribution in [3.8, 4) is 0 Å². The monoisotopic (exact) mass is 209 g/mol. The van der Waals surface area contributed by atoms with Crippen LogP contribution in [-0.4, -0.2) is 42.6 Å². The fraction of sp³-hybridized carbons (Fsp3) is 1.00. The second kappa shape index (κ2) is 3.55. The topological polar surface area (TPSA) is 37.4 Å². The number of hydrogen-bond donors (Lipinski definition) is 0. The predicted molar refractivity (Wildman–Crippen MR) is 52.9 cm³/mol. The molecule has 0 radical (unpaired) electrons. The second-order valence-electron chi connectivity index (χ2n) is 3.19. The zero-order valence-corrected chi connectivity index (χ0v) is 9.28. The van der Waals surface area contributed by atoms with Crippen LogP contribution in [0.15, 0.2) is 0 Å². The van der Waals surface area contributed by atoms with Crippen LogP contribution in [0, 0.1) is 0 Å². The molecule has 0 aliphatic carbocycles. The van der Waals surface area contributed by atoms with Gasteiger partial charge in [0.15, 0.2) is 0 Å². The van der Waals surface area contributed by atoms with Crippen molar-refractivity contribution in [2.45, 2.75) is 25.1 Å². The summed E-state index contributed by atoms with van der Waals surface area (Å²) >= 11 is 1.84. The quantitative estimate of drug-likeness (QED) is 0.640. The lowest BCUT2D eigenvalue weighted by Crippen LogP contribution is -2.47. The predicted octanol–water partition coefficient (Wildman–Crippen LogP) is 0.772. The summed E-state index contributed by atoms with van der Waals surface area (Å²) in [6.07, 6.45) is 1.28. The molecule has 0 amide bonds. The Balaban J connectivity index is 2.78. The fourth-order valence-corrected chi connectivity index (χ4v) is 3.87. The van der Waals surface area contributed by atoms with Gasteiger partial charge in [-0.3, -0.25) is 0 Å². The lowest BCUT2D eigenvalue weighted by molar-refractivity contribution is 0.343. The highest BCUT2D eigenvalue weighted by molar-refractivity contribution is 8.00. The Kier molecular flexibility index (Phi) is 3.06. The molecule has 0 aromatic carbocycles. The van der Waals surface area contributed by atoms with E-state index in [9.17, 15) is 8.42 Å². The van der Waals surface area contributed by atoms with Gasteiger partial charge in [0.05, 0.1) is 6.26 Å². The first-order chi connectivity index (χ1) is 5.43. The summed E-state index contributed by atoms with van der Waals surface area (Å²) in [6.45, 7) is 4.71. The minimum absolute atomic E-state index is 0.138. The fourth-order valence-electron chi connectivity index (χ4n) is 1.37. The molecular formula is C7H15NO2S2. The number of hydrogen-bond acceptors (Lipinski definition) is 3. The van der Waals surface area contributed by atoms with Gasteiger partial charge in [-0.15, -0.1) is 0 Å². The Bertz CT molecular complexity index is 250. The average molecular weight is 209 g/mol. The largest absolute Gasteiger partial charge is 0.212 e. The van der Waals surface area contributed by atoms with Gasteiger partial charge >= 0.3 is 0 Å². The Morgan fingerprint density at radius 1 is 1.42 bits per heavy atom. The molecule has 0 aromatic heterocycles. The molecule has 1 fully saturated rings. The maximum Gasteiger partial charge on any atom is 0.211 e. The first kappa shape index (κ1) is 10.3. The molecule has 1 heterocycles. The zero-order valence-electron chi connectivity index (χ0n) is 7.65. The van der Waals surface area contributed by atoms with E-state index in [2.05, 4.69) is 6.92 Å². The standard InChI is InChI=1S/C7H15NO2S2/c1-6-7(2)11-5-4-8(6)12(3,9)10/h6-7H,4-5H2,1-3H3. The third-order valence-corrected chi connectivity index (χ3v) is 4.96. The van der Waals surface area contributed by atoms with Crippen molar-refractivity contribution in [3.05, 3.63) is 0 Å².